The number of piperidine rings is 1. The highest BCUT2D eigenvalue weighted by atomic mass is 32.2. The van der Waals surface area contributed by atoms with Gasteiger partial charge in [0, 0.05) is 6.54 Å². The first-order valence-electron chi connectivity index (χ1n) is 7.27. The van der Waals surface area contributed by atoms with E-state index in [9.17, 15) is 8.42 Å². The predicted octanol–water partition coefficient (Wildman–Crippen LogP) is 1.97. The third-order valence-electron chi connectivity index (χ3n) is 3.94. The molecule has 2 N–H and O–H groups in total. The number of rotatable bonds is 5. The number of benzene rings is 1. The molecule has 0 saturated carbocycles. The fourth-order valence-electron chi connectivity index (χ4n) is 2.64. The van der Waals surface area contributed by atoms with Crippen LogP contribution >= 0.6 is 0 Å². The molecule has 1 fully saturated rings. The Morgan fingerprint density at radius 2 is 1.95 bits per heavy atom. The molecular formula is C15H24N2O2S. The van der Waals surface area contributed by atoms with Crippen LogP contribution in [0, 0.1) is 19.8 Å². The highest BCUT2D eigenvalue weighted by Gasteiger charge is 2.18. The zero-order chi connectivity index (χ0) is 14.6. The molecule has 1 aliphatic heterocycles. The van der Waals surface area contributed by atoms with Gasteiger partial charge < -0.3 is 5.32 Å². The Morgan fingerprint density at radius 3 is 2.65 bits per heavy atom. The van der Waals surface area contributed by atoms with Gasteiger partial charge in [-0.3, -0.25) is 0 Å². The third kappa shape index (κ3) is 4.04. The van der Waals surface area contributed by atoms with Gasteiger partial charge in [-0.15, -0.1) is 0 Å². The first-order valence-corrected chi connectivity index (χ1v) is 8.75. The first-order chi connectivity index (χ1) is 9.49. The minimum absolute atomic E-state index is 0.405. The van der Waals surface area contributed by atoms with Gasteiger partial charge in [-0.05, 0) is 69.3 Å². The van der Waals surface area contributed by atoms with Crippen molar-refractivity contribution in [3.63, 3.8) is 0 Å². The lowest BCUT2D eigenvalue weighted by atomic mass is 9.95. The van der Waals surface area contributed by atoms with Crippen molar-refractivity contribution in [2.45, 2.75) is 38.0 Å². The normalized spacial score (nSPS) is 17.3. The van der Waals surface area contributed by atoms with Crippen molar-refractivity contribution < 1.29 is 8.42 Å². The van der Waals surface area contributed by atoms with E-state index in [1.54, 1.807) is 6.07 Å². The number of aryl methyl sites for hydroxylation is 2. The number of nitrogens with one attached hydrogen (secondary N) is 2. The Bertz CT molecular complexity index is 549. The van der Waals surface area contributed by atoms with Crippen molar-refractivity contribution in [3.05, 3.63) is 29.3 Å². The van der Waals surface area contributed by atoms with Gasteiger partial charge in [-0.2, -0.15) is 0 Å². The molecule has 0 aromatic heterocycles. The summed E-state index contributed by atoms with van der Waals surface area (Å²) in [5.41, 5.74) is 1.76. The number of sulfonamides is 1. The molecule has 1 aromatic carbocycles. The maximum Gasteiger partial charge on any atom is 0.240 e. The van der Waals surface area contributed by atoms with Gasteiger partial charge in [0.2, 0.25) is 10.0 Å². The molecule has 1 aliphatic rings. The van der Waals surface area contributed by atoms with Gasteiger partial charge >= 0.3 is 0 Å². The van der Waals surface area contributed by atoms with Crippen LogP contribution in [0.4, 0.5) is 0 Å². The van der Waals surface area contributed by atoms with Crippen LogP contribution in [-0.4, -0.2) is 28.1 Å². The van der Waals surface area contributed by atoms with Crippen molar-refractivity contribution in [3.8, 4) is 0 Å². The maximum atomic E-state index is 12.3. The highest BCUT2D eigenvalue weighted by molar-refractivity contribution is 7.89. The fraction of sp³-hybridized carbons (Fsp3) is 0.600. The summed E-state index contributed by atoms with van der Waals surface area (Å²) >= 11 is 0. The lowest BCUT2D eigenvalue weighted by Gasteiger charge is -2.22. The molecule has 0 spiro atoms. The molecule has 112 valence electrons. The van der Waals surface area contributed by atoms with E-state index < -0.39 is 10.0 Å². The third-order valence-corrected chi connectivity index (χ3v) is 5.54. The maximum absolute atomic E-state index is 12.3. The molecule has 0 unspecified atom stereocenters. The van der Waals surface area contributed by atoms with E-state index in [1.165, 1.54) is 0 Å². The van der Waals surface area contributed by atoms with Crippen LogP contribution in [0.2, 0.25) is 0 Å². The van der Waals surface area contributed by atoms with Crippen molar-refractivity contribution in [2.24, 2.45) is 5.92 Å². The monoisotopic (exact) mass is 296 g/mol. The topological polar surface area (TPSA) is 58.2 Å². The molecule has 0 radical (unpaired) electrons. The Kier molecular flexibility index (Phi) is 5.18. The van der Waals surface area contributed by atoms with Gasteiger partial charge in [0.15, 0.2) is 0 Å². The first kappa shape index (κ1) is 15.5. The summed E-state index contributed by atoms with van der Waals surface area (Å²) in [6.07, 6.45) is 3.21. The Labute approximate surface area is 122 Å². The van der Waals surface area contributed by atoms with Gasteiger partial charge in [0.25, 0.3) is 0 Å². The Balaban J connectivity index is 1.95. The summed E-state index contributed by atoms with van der Waals surface area (Å²) in [7, 11) is -3.38. The molecule has 0 aliphatic carbocycles. The number of hydrogen-bond acceptors (Lipinski definition) is 3. The lowest BCUT2D eigenvalue weighted by molar-refractivity contribution is 0.354. The smallest absolute Gasteiger partial charge is 0.240 e. The summed E-state index contributed by atoms with van der Waals surface area (Å²) in [5.74, 6) is 0.637. The minimum atomic E-state index is -3.38. The largest absolute Gasteiger partial charge is 0.317 e. The van der Waals surface area contributed by atoms with E-state index >= 15 is 0 Å². The van der Waals surface area contributed by atoms with Gasteiger partial charge in [-0.1, -0.05) is 12.1 Å². The molecule has 0 amide bonds. The Hall–Kier alpha value is -0.910. The zero-order valence-electron chi connectivity index (χ0n) is 12.3. The summed E-state index contributed by atoms with van der Waals surface area (Å²) in [4.78, 5) is 0.405. The van der Waals surface area contributed by atoms with Crippen molar-refractivity contribution in [2.75, 3.05) is 19.6 Å². The number of hydrogen-bond donors (Lipinski definition) is 2. The van der Waals surface area contributed by atoms with Crippen molar-refractivity contribution in [1.29, 1.82) is 0 Å². The fourth-order valence-corrected chi connectivity index (χ4v) is 4.02. The average Bonchev–Trinajstić information content (AvgIpc) is 2.42. The van der Waals surface area contributed by atoms with Gasteiger partial charge in [0.1, 0.15) is 0 Å². The molecule has 5 heteroatoms. The van der Waals surface area contributed by atoms with Crippen LogP contribution in [0.25, 0.3) is 0 Å². The second-order valence-corrected chi connectivity index (χ2v) is 7.38. The summed E-state index contributed by atoms with van der Waals surface area (Å²) in [6, 6.07) is 5.53. The van der Waals surface area contributed by atoms with Gasteiger partial charge in [-0.25, -0.2) is 13.1 Å². The average molecular weight is 296 g/mol. The zero-order valence-corrected chi connectivity index (χ0v) is 13.1. The standard InChI is InChI=1S/C15H24N2O2S/c1-12-3-4-13(2)15(11-12)20(18,19)17-10-7-14-5-8-16-9-6-14/h3-4,11,14,16-17H,5-10H2,1-2H3. The summed E-state index contributed by atoms with van der Waals surface area (Å²) in [6.45, 7) is 6.37. The second kappa shape index (κ2) is 6.70. The molecule has 20 heavy (non-hydrogen) atoms. The molecule has 0 bridgehead atoms. The van der Waals surface area contributed by atoms with E-state index in [0.29, 0.717) is 17.4 Å². The predicted molar refractivity (Wildman–Crippen MR) is 81.3 cm³/mol. The molecule has 1 heterocycles. The van der Waals surface area contributed by atoms with Crippen LogP contribution in [0.5, 0.6) is 0 Å². The van der Waals surface area contributed by atoms with Crippen molar-refractivity contribution in [1.82, 2.24) is 10.0 Å². The molecule has 4 nitrogen and oxygen atoms in total. The molecule has 1 aromatic rings. The van der Waals surface area contributed by atoms with Gasteiger partial charge in [0.05, 0.1) is 4.90 Å². The van der Waals surface area contributed by atoms with Crippen molar-refractivity contribution >= 4 is 10.0 Å². The Morgan fingerprint density at radius 1 is 1.25 bits per heavy atom. The van der Waals surface area contributed by atoms with E-state index in [0.717, 1.165) is 43.5 Å². The molecule has 1 saturated heterocycles. The van der Waals surface area contributed by atoms with E-state index in [1.807, 2.05) is 26.0 Å². The minimum Gasteiger partial charge on any atom is -0.317 e. The quantitative estimate of drug-likeness (QED) is 0.873. The summed E-state index contributed by atoms with van der Waals surface area (Å²) in [5, 5.41) is 3.32. The van der Waals surface area contributed by atoms with E-state index in [2.05, 4.69) is 10.0 Å². The second-order valence-electron chi connectivity index (χ2n) is 5.65. The molecular weight excluding hydrogens is 272 g/mol. The van der Waals surface area contributed by atoms with Crippen LogP contribution in [0.3, 0.4) is 0 Å². The molecule has 0 atom stereocenters. The van der Waals surface area contributed by atoms with Crippen LogP contribution in [0.15, 0.2) is 23.1 Å². The molecule has 2 rings (SSSR count). The summed E-state index contributed by atoms with van der Waals surface area (Å²) < 4.78 is 27.4. The van der Waals surface area contributed by atoms with Crippen LogP contribution in [0.1, 0.15) is 30.4 Å². The van der Waals surface area contributed by atoms with Crippen LogP contribution < -0.4 is 10.0 Å². The highest BCUT2D eigenvalue weighted by Crippen LogP contribution is 2.18. The van der Waals surface area contributed by atoms with E-state index in [4.69, 9.17) is 0 Å². The van der Waals surface area contributed by atoms with E-state index in [-0.39, 0.29) is 0 Å². The van der Waals surface area contributed by atoms with Crippen LogP contribution in [-0.2, 0) is 10.0 Å². The lowest BCUT2D eigenvalue weighted by Crippen LogP contribution is -2.31. The SMILES string of the molecule is Cc1ccc(C)c(S(=O)(=O)NCCC2CCNCC2)c1.